The second kappa shape index (κ2) is 2.83. The van der Waals surface area contributed by atoms with Crippen LogP contribution < -0.4 is 5.73 Å². The number of nitrogen functional groups attached to an aromatic ring is 1. The molecule has 1 aromatic heterocycles. The van der Waals surface area contributed by atoms with Crippen molar-refractivity contribution in [1.82, 2.24) is 10.2 Å². The molecule has 0 amide bonds. The number of aromatic nitrogens is 2. The Morgan fingerprint density at radius 2 is 1.57 bits per heavy atom. The molecule has 3 nitrogen and oxygen atoms in total. The first-order valence-electron chi connectivity index (χ1n) is 5.09. The van der Waals surface area contributed by atoms with Crippen LogP contribution in [0.25, 0.3) is 0 Å². The van der Waals surface area contributed by atoms with Gasteiger partial charge in [0.25, 0.3) is 0 Å². The molecule has 0 atom stereocenters. The van der Waals surface area contributed by atoms with Crippen LogP contribution in [0.5, 0.6) is 0 Å². The first kappa shape index (κ1) is 8.48. The third-order valence-corrected chi connectivity index (χ3v) is 3.86. The quantitative estimate of drug-likeness (QED) is 0.714. The van der Waals surface area contributed by atoms with Crippen LogP contribution in [-0.2, 0) is 0 Å². The van der Waals surface area contributed by atoms with E-state index in [4.69, 9.17) is 17.3 Å². The van der Waals surface area contributed by atoms with Gasteiger partial charge in [0.05, 0.1) is 0 Å². The monoisotopic (exact) mass is 209 g/mol. The topological polar surface area (TPSA) is 51.8 Å². The molecule has 0 spiro atoms. The molecule has 74 valence electrons. The number of anilines is 1. The molecule has 0 unspecified atom stereocenters. The maximum absolute atomic E-state index is 6.08. The van der Waals surface area contributed by atoms with Gasteiger partial charge in [-0.05, 0) is 37.5 Å². The van der Waals surface area contributed by atoms with Gasteiger partial charge in [0.1, 0.15) is 5.82 Å². The van der Waals surface area contributed by atoms with Gasteiger partial charge in [0.2, 0.25) is 0 Å². The summed E-state index contributed by atoms with van der Waals surface area (Å²) < 4.78 is 0. The first-order chi connectivity index (χ1) is 6.77. The number of fused-ring (bicyclic) bond motifs is 2. The van der Waals surface area contributed by atoms with Crippen LogP contribution in [0.4, 0.5) is 5.82 Å². The summed E-state index contributed by atoms with van der Waals surface area (Å²) in [4.78, 5) is 0. The van der Waals surface area contributed by atoms with Crippen molar-refractivity contribution < 1.29 is 0 Å². The summed E-state index contributed by atoms with van der Waals surface area (Å²) >= 11 is 6.08. The zero-order chi connectivity index (χ0) is 9.71. The zero-order valence-corrected chi connectivity index (χ0v) is 8.59. The maximum atomic E-state index is 6.08. The Bertz CT molecular complexity index is 346. The van der Waals surface area contributed by atoms with E-state index < -0.39 is 0 Å². The molecule has 0 aliphatic heterocycles. The van der Waals surface area contributed by atoms with Crippen molar-refractivity contribution in [3.63, 3.8) is 0 Å². The fourth-order valence-electron chi connectivity index (χ4n) is 2.94. The van der Waals surface area contributed by atoms with Crippen molar-refractivity contribution in [3.05, 3.63) is 16.3 Å². The summed E-state index contributed by atoms with van der Waals surface area (Å²) in [6.07, 6.45) is 4.96. The van der Waals surface area contributed by atoms with Crippen LogP contribution in [0.15, 0.2) is 0 Å². The predicted molar refractivity (Wildman–Crippen MR) is 55.4 cm³/mol. The highest BCUT2D eigenvalue weighted by Gasteiger charge is 2.36. The average Bonchev–Trinajstić information content (AvgIpc) is 2.25. The summed E-state index contributed by atoms with van der Waals surface area (Å²) in [7, 11) is 0. The van der Waals surface area contributed by atoms with Crippen molar-refractivity contribution >= 4 is 17.4 Å². The summed E-state index contributed by atoms with van der Waals surface area (Å²) in [6.45, 7) is 0. The first-order valence-corrected chi connectivity index (χ1v) is 5.46. The smallest absolute Gasteiger partial charge is 0.155 e. The Morgan fingerprint density at radius 1 is 1.00 bits per heavy atom. The minimum absolute atomic E-state index is 0.573. The SMILES string of the molecule is Nc1nnc(Cl)c2c1C1CCC2CC1. The lowest BCUT2D eigenvalue weighted by atomic mass is 9.68. The molecule has 1 aromatic rings. The fraction of sp³-hybridized carbons (Fsp3) is 0.600. The van der Waals surface area contributed by atoms with E-state index in [1.165, 1.54) is 36.8 Å². The highest BCUT2D eigenvalue weighted by Crippen LogP contribution is 2.52. The highest BCUT2D eigenvalue weighted by atomic mass is 35.5. The van der Waals surface area contributed by atoms with Gasteiger partial charge in [-0.2, -0.15) is 0 Å². The van der Waals surface area contributed by atoms with E-state index in [1.54, 1.807) is 0 Å². The minimum Gasteiger partial charge on any atom is -0.382 e. The largest absolute Gasteiger partial charge is 0.382 e. The number of hydrogen-bond donors (Lipinski definition) is 1. The van der Waals surface area contributed by atoms with Gasteiger partial charge in [-0.3, -0.25) is 0 Å². The molecular weight excluding hydrogens is 198 g/mol. The molecule has 0 radical (unpaired) electrons. The lowest BCUT2D eigenvalue weighted by molar-refractivity contribution is 0.357. The van der Waals surface area contributed by atoms with Gasteiger partial charge in [0.15, 0.2) is 5.15 Å². The van der Waals surface area contributed by atoms with E-state index in [1.807, 2.05) is 0 Å². The van der Waals surface area contributed by atoms with Crippen molar-refractivity contribution in [2.45, 2.75) is 37.5 Å². The van der Waals surface area contributed by atoms with Gasteiger partial charge < -0.3 is 5.73 Å². The number of nitrogens with zero attached hydrogens (tertiary/aromatic N) is 2. The number of rotatable bonds is 0. The van der Waals surface area contributed by atoms with Crippen molar-refractivity contribution in [2.75, 3.05) is 5.73 Å². The Kier molecular flexibility index (Phi) is 1.71. The second-order valence-corrected chi connectivity index (χ2v) is 4.61. The maximum Gasteiger partial charge on any atom is 0.155 e. The van der Waals surface area contributed by atoms with Gasteiger partial charge in [0, 0.05) is 11.1 Å². The molecule has 2 N–H and O–H groups in total. The van der Waals surface area contributed by atoms with Crippen LogP contribution in [0.2, 0.25) is 5.15 Å². The molecule has 2 bridgehead atoms. The van der Waals surface area contributed by atoms with Crippen molar-refractivity contribution in [2.24, 2.45) is 0 Å². The van der Waals surface area contributed by atoms with Crippen LogP contribution in [0, 0.1) is 0 Å². The minimum atomic E-state index is 0.573. The zero-order valence-electron chi connectivity index (χ0n) is 7.83. The highest BCUT2D eigenvalue weighted by molar-refractivity contribution is 6.30. The normalized spacial score (nSPS) is 28.9. The molecule has 1 heterocycles. The molecule has 4 heteroatoms. The number of hydrogen-bond acceptors (Lipinski definition) is 3. The summed E-state index contributed by atoms with van der Waals surface area (Å²) in [5.74, 6) is 1.77. The molecular formula is C10H12ClN3. The Balaban J connectivity index is 2.27. The lowest BCUT2D eigenvalue weighted by Gasteiger charge is -2.38. The molecule has 3 aliphatic carbocycles. The van der Waals surface area contributed by atoms with Crippen molar-refractivity contribution in [1.29, 1.82) is 0 Å². The standard InChI is InChI=1S/C10H12ClN3/c11-9-7-5-1-3-6(4-2-5)8(7)10(12)14-13-9/h5-6H,1-4H2,(H2,12,14). The van der Waals surface area contributed by atoms with E-state index in [-0.39, 0.29) is 0 Å². The summed E-state index contributed by atoms with van der Waals surface area (Å²) in [5, 5.41) is 8.38. The Morgan fingerprint density at radius 3 is 2.14 bits per heavy atom. The van der Waals surface area contributed by atoms with Crippen LogP contribution in [0.1, 0.15) is 48.6 Å². The number of halogens is 1. The van der Waals surface area contributed by atoms with E-state index in [2.05, 4.69) is 10.2 Å². The molecule has 1 saturated carbocycles. The molecule has 14 heavy (non-hydrogen) atoms. The second-order valence-electron chi connectivity index (χ2n) is 4.25. The van der Waals surface area contributed by atoms with Crippen LogP contribution >= 0.6 is 11.6 Å². The third kappa shape index (κ3) is 0.989. The Labute approximate surface area is 87.7 Å². The summed E-state index contributed by atoms with van der Waals surface area (Å²) in [5.41, 5.74) is 8.26. The third-order valence-electron chi connectivity index (χ3n) is 3.58. The molecule has 0 aromatic carbocycles. The summed E-state index contributed by atoms with van der Waals surface area (Å²) in [6, 6.07) is 0. The van der Waals surface area contributed by atoms with E-state index in [0.717, 1.165) is 0 Å². The van der Waals surface area contributed by atoms with Gasteiger partial charge >= 0.3 is 0 Å². The van der Waals surface area contributed by atoms with Crippen LogP contribution in [0.3, 0.4) is 0 Å². The fourth-order valence-corrected chi connectivity index (χ4v) is 3.24. The van der Waals surface area contributed by atoms with Gasteiger partial charge in [-0.25, -0.2) is 0 Å². The molecule has 4 rings (SSSR count). The lowest BCUT2D eigenvalue weighted by Crippen LogP contribution is -2.24. The van der Waals surface area contributed by atoms with Gasteiger partial charge in [-0.1, -0.05) is 11.6 Å². The van der Waals surface area contributed by atoms with Crippen LogP contribution in [-0.4, -0.2) is 10.2 Å². The van der Waals surface area contributed by atoms with E-state index in [9.17, 15) is 0 Å². The average molecular weight is 210 g/mol. The molecule has 0 saturated heterocycles. The molecule has 3 aliphatic rings. The Hall–Kier alpha value is -0.830. The van der Waals surface area contributed by atoms with E-state index >= 15 is 0 Å². The van der Waals surface area contributed by atoms with Gasteiger partial charge in [-0.15, -0.1) is 10.2 Å². The predicted octanol–water partition coefficient (Wildman–Crippen LogP) is 2.47. The van der Waals surface area contributed by atoms with E-state index in [0.29, 0.717) is 22.8 Å². The van der Waals surface area contributed by atoms with Crippen molar-refractivity contribution in [3.8, 4) is 0 Å². The number of nitrogens with two attached hydrogens (primary N) is 1. The molecule has 1 fully saturated rings.